The minimum absolute atomic E-state index is 0.187. The molecule has 0 radical (unpaired) electrons. The standard InChI is InChI=1S/C21H16BrN3O/c22-17-8-2-1-7-15(17)20(25-18-9-3-4-12-23-18)16-11-10-14-6-5-13-24-19(14)21(16)26/h1-13,20,26H,(H,23,25)/p+1/t20-/m1/s1. The molecule has 0 bridgehead atoms. The molecular weight excluding hydrogens is 390 g/mol. The molecule has 2 aromatic heterocycles. The lowest BCUT2D eigenvalue weighted by molar-refractivity contribution is -0.361. The number of anilines is 1. The van der Waals surface area contributed by atoms with Gasteiger partial charge in [-0.1, -0.05) is 52.3 Å². The van der Waals surface area contributed by atoms with Crippen molar-refractivity contribution in [2.24, 2.45) is 0 Å². The van der Waals surface area contributed by atoms with Crippen LogP contribution in [0.4, 0.5) is 5.82 Å². The molecule has 0 aliphatic rings. The van der Waals surface area contributed by atoms with Crippen LogP contribution >= 0.6 is 15.9 Å². The quantitative estimate of drug-likeness (QED) is 0.515. The van der Waals surface area contributed by atoms with Crippen molar-refractivity contribution in [1.82, 2.24) is 4.98 Å². The molecule has 0 amide bonds. The SMILES string of the molecule is Oc1c([C@H](Nc2cccc[nH+]2)c2ccccc2Br)ccc2cccnc12. The Morgan fingerprint density at radius 2 is 1.77 bits per heavy atom. The lowest BCUT2D eigenvalue weighted by atomic mass is 9.96. The number of pyridine rings is 2. The topological polar surface area (TPSA) is 59.3 Å². The number of aromatic amines is 1. The van der Waals surface area contributed by atoms with Gasteiger partial charge in [-0.3, -0.25) is 10.3 Å². The molecule has 2 heterocycles. The zero-order valence-electron chi connectivity index (χ0n) is 13.9. The van der Waals surface area contributed by atoms with E-state index in [0.29, 0.717) is 5.52 Å². The first kappa shape index (κ1) is 16.5. The third kappa shape index (κ3) is 3.13. The summed E-state index contributed by atoms with van der Waals surface area (Å²) in [4.78, 5) is 7.54. The average molecular weight is 407 g/mol. The summed E-state index contributed by atoms with van der Waals surface area (Å²) in [5, 5.41) is 15.3. The number of phenolic OH excluding ortho intramolecular Hbond substituents is 1. The minimum Gasteiger partial charge on any atom is -0.505 e. The zero-order chi connectivity index (χ0) is 17.9. The summed E-state index contributed by atoms with van der Waals surface area (Å²) in [6.07, 6.45) is 3.55. The summed E-state index contributed by atoms with van der Waals surface area (Å²) in [5.74, 6) is 1.04. The van der Waals surface area contributed by atoms with Gasteiger partial charge in [0, 0.05) is 33.2 Å². The lowest BCUT2D eigenvalue weighted by Crippen LogP contribution is -2.19. The Bertz CT molecular complexity index is 1050. The van der Waals surface area contributed by atoms with Crippen molar-refractivity contribution in [3.63, 3.8) is 0 Å². The van der Waals surface area contributed by atoms with Gasteiger partial charge in [0.15, 0.2) is 0 Å². The van der Waals surface area contributed by atoms with E-state index in [1.165, 1.54) is 0 Å². The molecule has 2 aromatic carbocycles. The fourth-order valence-electron chi connectivity index (χ4n) is 3.05. The van der Waals surface area contributed by atoms with Crippen LogP contribution in [0.15, 0.2) is 83.6 Å². The third-order valence-electron chi connectivity index (χ3n) is 4.32. The molecule has 0 saturated heterocycles. The number of phenols is 1. The molecule has 0 saturated carbocycles. The van der Waals surface area contributed by atoms with Gasteiger partial charge >= 0.3 is 0 Å². The van der Waals surface area contributed by atoms with Crippen molar-refractivity contribution in [1.29, 1.82) is 0 Å². The van der Waals surface area contributed by atoms with Crippen LogP contribution in [-0.2, 0) is 0 Å². The van der Waals surface area contributed by atoms with Gasteiger partial charge in [0.2, 0.25) is 0 Å². The molecule has 0 unspecified atom stereocenters. The number of aromatic nitrogens is 2. The van der Waals surface area contributed by atoms with E-state index in [2.05, 4.69) is 31.2 Å². The fraction of sp³-hybridized carbons (Fsp3) is 0.0476. The summed E-state index contributed by atoms with van der Waals surface area (Å²) < 4.78 is 0.967. The summed E-state index contributed by atoms with van der Waals surface area (Å²) in [5.41, 5.74) is 2.39. The van der Waals surface area contributed by atoms with Crippen molar-refractivity contribution in [2.45, 2.75) is 6.04 Å². The molecule has 5 heteroatoms. The molecule has 0 spiro atoms. The summed E-state index contributed by atoms with van der Waals surface area (Å²) in [6, 6.07) is 21.3. The predicted molar refractivity (Wildman–Crippen MR) is 106 cm³/mol. The Labute approximate surface area is 159 Å². The number of nitrogens with one attached hydrogen (secondary N) is 2. The summed E-state index contributed by atoms with van der Waals surface area (Å²) in [6.45, 7) is 0. The molecule has 0 fully saturated rings. The van der Waals surface area contributed by atoms with Gasteiger partial charge in [-0.2, -0.15) is 0 Å². The monoisotopic (exact) mass is 406 g/mol. The maximum absolute atomic E-state index is 10.9. The smallest absolute Gasteiger partial charge is 0.272 e. The molecule has 4 nitrogen and oxygen atoms in total. The van der Waals surface area contributed by atoms with Crippen LogP contribution in [0.3, 0.4) is 0 Å². The maximum atomic E-state index is 10.9. The van der Waals surface area contributed by atoms with E-state index in [4.69, 9.17) is 0 Å². The Balaban J connectivity index is 1.88. The Kier molecular flexibility index (Phi) is 4.54. The second-order valence-corrected chi connectivity index (χ2v) is 6.81. The molecule has 4 rings (SSSR count). The van der Waals surface area contributed by atoms with Crippen LogP contribution in [0.25, 0.3) is 10.9 Å². The molecule has 1 atom stereocenters. The summed E-state index contributed by atoms with van der Waals surface area (Å²) in [7, 11) is 0. The number of nitrogens with zero attached hydrogens (tertiary/aromatic N) is 1. The average Bonchev–Trinajstić information content (AvgIpc) is 2.68. The highest BCUT2D eigenvalue weighted by Crippen LogP contribution is 2.38. The zero-order valence-corrected chi connectivity index (χ0v) is 15.4. The number of aromatic hydroxyl groups is 1. The maximum Gasteiger partial charge on any atom is 0.272 e. The summed E-state index contributed by atoms with van der Waals surface area (Å²) >= 11 is 3.63. The van der Waals surface area contributed by atoms with Crippen LogP contribution in [0.5, 0.6) is 5.75 Å². The number of H-pyrrole nitrogens is 1. The number of fused-ring (bicyclic) bond motifs is 1. The predicted octanol–water partition coefficient (Wildman–Crippen LogP) is 4.72. The highest BCUT2D eigenvalue weighted by molar-refractivity contribution is 9.10. The second kappa shape index (κ2) is 7.14. The van der Waals surface area contributed by atoms with Gasteiger partial charge in [-0.05, 0) is 24.3 Å². The van der Waals surface area contributed by atoms with E-state index >= 15 is 0 Å². The van der Waals surface area contributed by atoms with Crippen LogP contribution in [0, 0.1) is 0 Å². The molecule has 0 aliphatic carbocycles. The Morgan fingerprint density at radius 3 is 2.58 bits per heavy atom. The molecule has 3 N–H and O–H groups in total. The van der Waals surface area contributed by atoms with Gasteiger partial charge in [0.05, 0.1) is 6.20 Å². The van der Waals surface area contributed by atoms with Gasteiger partial charge < -0.3 is 5.11 Å². The van der Waals surface area contributed by atoms with Crippen molar-refractivity contribution < 1.29 is 10.1 Å². The van der Waals surface area contributed by atoms with Gasteiger partial charge in [0.25, 0.3) is 5.82 Å². The van der Waals surface area contributed by atoms with E-state index in [9.17, 15) is 5.11 Å². The second-order valence-electron chi connectivity index (χ2n) is 5.95. The van der Waals surface area contributed by atoms with Crippen LogP contribution in [0.2, 0.25) is 0 Å². The fourth-order valence-corrected chi connectivity index (χ4v) is 3.56. The van der Waals surface area contributed by atoms with E-state index < -0.39 is 0 Å². The van der Waals surface area contributed by atoms with Crippen LogP contribution in [-0.4, -0.2) is 10.1 Å². The van der Waals surface area contributed by atoms with Crippen molar-refractivity contribution >= 4 is 32.7 Å². The van der Waals surface area contributed by atoms with Crippen LogP contribution in [0.1, 0.15) is 17.2 Å². The van der Waals surface area contributed by atoms with Crippen LogP contribution < -0.4 is 10.3 Å². The van der Waals surface area contributed by atoms with Crippen molar-refractivity contribution in [3.8, 4) is 5.75 Å². The van der Waals surface area contributed by atoms with Crippen molar-refractivity contribution in [2.75, 3.05) is 5.32 Å². The number of halogens is 1. The molecule has 26 heavy (non-hydrogen) atoms. The van der Waals surface area contributed by atoms with E-state index in [-0.39, 0.29) is 11.8 Å². The number of hydrogen-bond acceptors (Lipinski definition) is 3. The normalized spacial score (nSPS) is 12.0. The molecular formula is C21H17BrN3O+. The molecule has 128 valence electrons. The lowest BCUT2D eigenvalue weighted by Gasteiger charge is -2.18. The minimum atomic E-state index is -0.254. The highest BCUT2D eigenvalue weighted by atomic mass is 79.9. The first-order valence-corrected chi connectivity index (χ1v) is 9.07. The van der Waals surface area contributed by atoms with Gasteiger partial charge in [0.1, 0.15) is 17.3 Å². The van der Waals surface area contributed by atoms with Gasteiger partial charge in [-0.25, -0.2) is 4.98 Å². The Hall–Kier alpha value is -2.92. The Morgan fingerprint density at radius 1 is 0.923 bits per heavy atom. The van der Waals surface area contributed by atoms with E-state index in [1.807, 2.05) is 72.9 Å². The molecule has 0 aliphatic heterocycles. The largest absolute Gasteiger partial charge is 0.505 e. The first-order chi connectivity index (χ1) is 12.7. The van der Waals surface area contributed by atoms with Gasteiger partial charge in [-0.15, -0.1) is 0 Å². The van der Waals surface area contributed by atoms with Crippen molar-refractivity contribution in [3.05, 3.63) is 94.7 Å². The van der Waals surface area contributed by atoms with E-state index in [0.717, 1.165) is 26.8 Å². The highest BCUT2D eigenvalue weighted by Gasteiger charge is 2.25. The van der Waals surface area contributed by atoms with E-state index in [1.54, 1.807) is 6.20 Å². The molecule has 4 aromatic rings. The number of rotatable bonds is 4. The third-order valence-corrected chi connectivity index (χ3v) is 5.04. The number of hydrogen-bond donors (Lipinski definition) is 2. The first-order valence-electron chi connectivity index (χ1n) is 8.28. The number of benzene rings is 2.